The number of nitrogens with one attached hydrogen (secondary N) is 1. The summed E-state index contributed by atoms with van der Waals surface area (Å²) in [5.74, 6) is -0.418. The molecule has 164 valence electrons. The summed E-state index contributed by atoms with van der Waals surface area (Å²) < 4.78 is 0. The van der Waals surface area contributed by atoms with Crippen LogP contribution in [-0.4, -0.2) is 56.5 Å². The number of rotatable bonds is 5. The van der Waals surface area contributed by atoms with Crippen molar-refractivity contribution >= 4 is 28.9 Å². The van der Waals surface area contributed by atoms with Crippen LogP contribution in [0.1, 0.15) is 24.5 Å². The third kappa shape index (κ3) is 4.74. The van der Waals surface area contributed by atoms with Gasteiger partial charge in [0.25, 0.3) is 0 Å². The van der Waals surface area contributed by atoms with Crippen LogP contribution in [0.25, 0.3) is 0 Å². The number of likely N-dealkylation sites (N-methyl/N-ethyl adjacent to an activating group) is 1. The van der Waals surface area contributed by atoms with Crippen LogP contribution in [0.5, 0.6) is 0 Å². The summed E-state index contributed by atoms with van der Waals surface area (Å²) in [6.07, 6.45) is 1.21. The van der Waals surface area contributed by atoms with Gasteiger partial charge in [0.05, 0.1) is 5.92 Å². The van der Waals surface area contributed by atoms with E-state index in [1.54, 1.807) is 4.90 Å². The predicted molar refractivity (Wildman–Crippen MR) is 126 cm³/mol. The lowest BCUT2D eigenvalue weighted by Crippen LogP contribution is -2.44. The predicted octanol–water partition coefficient (Wildman–Crippen LogP) is 3.30. The highest BCUT2D eigenvalue weighted by molar-refractivity contribution is 6.03. The Morgan fingerprint density at radius 1 is 1.03 bits per heavy atom. The summed E-state index contributed by atoms with van der Waals surface area (Å²) >= 11 is 0. The van der Waals surface area contributed by atoms with Crippen LogP contribution in [0.15, 0.2) is 42.5 Å². The van der Waals surface area contributed by atoms with Crippen molar-refractivity contribution in [2.45, 2.75) is 26.7 Å². The molecular weight excluding hydrogens is 388 g/mol. The minimum absolute atomic E-state index is 0.00605. The molecule has 1 atom stereocenters. The lowest BCUT2D eigenvalue weighted by molar-refractivity contribution is -0.122. The number of hydrogen-bond donors (Lipinski definition) is 1. The van der Waals surface area contributed by atoms with Gasteiger partial charge in [-0.1, -0.05) is 19.1 Å². The highest BCUT2D eigenvalue weighted by atomic mass is 16.2. The number of amides is 2. The van der Waals surface area contributed by atoms with Crippen molar-refractivity contribution in [3.63, 3.8) is 0 Å². The van der Waals surface area contributed by atoms with Gasteiger partial charge >= 0.3 is 0 Å². The van der Waals surface area contributed by atoms with Gasteiger partial charge in [0, 0.05) is 56.2 Å². The maximum Gasteiger partial charge on any atom is 0.229 e. The zero-order chi connectivity index (χ0) is 22.0. The molecule has 4 rings (SSSR count). The maximum atomic E-state index is 12.9. The Kier molecular flexibility index (Phi) is 6.28. The molecule has 2 amide bonds. The van der Waals surface area contributed by atoms with Crippen LogP contribution in [0.2, 0.25) is 0 Å². The van der Waals surface area contributed by atoms with Gasteiger partial charge in [-0.05, 0) is 61.9 Å². The fraction of sp³-hybridized carbons (Fsp3) is 0.440. The first-order valence-corrected chi connectivity index (χ1v) is 11.2. The van der Waals surface area contributed by atoms with Crippen LogP contribution in [-0.2, 0) is 16.0 Å². The number of carbonyl (C=O) groups is 2. The fourth-order valence-corrected chi connectivity index (χ4v) is 4.33. The molecule has 31 heavy (non-hydrogen) atoms. The smallest absolute Gasteiger partial charge is 0.229 e. The quantitative estimate of drug-likeness (QED) is 0.806. The summed E-state index contributed by atoms with van der Waals surface area (Å²) in [6.45, 7) is 8.71. The summed E-state index contributed by atoms with van der Waals surface area (Å²) in [4.78, 5) is 31.9. The molecule has 2 heterocycles. The first-order chi connectivity index (χ1) is 14.9. The Morgan fingerprint density at radius 3 is 2.35 bits per heavy atom. The van der Waals surface area contributed by atoms with E-state index in [1.165, 1.54) is 11.3 Å². The second kappa shape index (κ2) is 9.10. The molecule has 2 fully saturated rings. The molecule has 1 N–H and O–H groups in total. The zero-order valence-corrected chi connectivity index (χ0v) is 18.7. The van der Waals surface area contributed by atoms with E-state index in [9.17, 15) is 9.59 Å². The van der Waals surface area contributed by atoms with Crippen LogP contribution in [0.4, 0.5) is 17.1 Å². The molecule has 0 radical (unpaired) electrons. The van der Waals surface area contributed by atoms with Crippen molar-refractivity contribution < 1.29 is 9.59 Å². The Bertz CT molecular complexity index is 948. The molecule has 2 aromatic carbocycles. The molecule has 0 unspecified atom stereocenters. The molecule has 6 nitrogen and oxygen atoms in total. The van der Waals surface area contributed by atoms with Crippen molar-refractivity contribution in [2.24, 2.45) is 5.92 Å². The van der Waals surface area contributed by atoms with E-state index in [-0.39, 0.29) is 24.2 Å². The molecular formula is C25H32N4O2. The van der Waals surface area contributed by atoms with Gasteiger partial charge in [-0.2, -0.15) is 0 Å². The van der Waals surface area contributed by atoms with E-state index in [4.69, 9.17) is 0 Å². The molecule has 0 spiro atoms. The standard InChI is InChI=1S/C25H32N4O2/c1-4-19-5-7-21(8-6-19)29-17-20(16-24(29)30)25(31)26-23-10-9-22(15-18(23)2)28-13-11-27(3)12-14-28/h5-10,15,20H,4,11-14,16-17H2,1-3H3,(H,26,31)/t20-/m0/s1. The average Bonchev–Trinajstić information content (AvgIpc) is 3.17. The van der Waals surface area contributed by atoms with E-state index in [1.807, 2.05) is 37.3 Å². The Labute approximate surface area is 184 Å². The second-order valence-electron chi connectivity index (χ2n) is 8.70. The number of anilines is 3. The minimum atomic E-state index is -0.338. The van der Waals surface area contributed by atoms with E-state index in [0.29, 0.717) is 6.54 Å². The summed E-state index contributed by atoms with van der Waals surface area (Å²) in [7, 11) is 2.15. The lowest BCUT2D eigenvalue weighted by atomic mass is 10.1. The van der Waals surface area contributed by atoms with E-state index >= 15 is 0 Å². The number of hydrogen-bond acceptors (Lipinski definition) is 4. The van der Waals surface area contributed by atoms with Crippen LogP contribution in [0.3, 0.4) is 0 Å². The summed E-state index contributed by atoms with van der Waals surface area (Å²) in [5.41, 5.74) is 5.16. The Hall–Kier alpha value is -2.86. The first kappa shape index (κ1) is 21.4. The molecule has 0 aliphatic carbocycles. The van der Waals surface area contributed by atoms with Gasteiger partial charge in [0.15, 0.2) is 0 Å². The molecule has 0 bridgehead atoms. The van der Waals surface area contributed by atoms with Gasteiger partial charge in [-0.3, -0.25) is 9.59 Å². The fourth-order valence-electron chi connectivity index (χ4n) is 4.33. The third-order valence-corrected chi connectivity index (χ3v) is 6.49. The van der Waals surface area contributed by atoms with Crippen molar-refractivity contribution in [1.29, 1.82) is 0 Å². The molecule has 0 aromatic heterocycles. The average molecular weight is 421 g/mol. The monoisotopic (exact) mass is 420 g/mol. The topological polar surface area (TPSA) is 55.9 Å². The highest BCUT2D eigenvalue weighted by Crippen LogP contribution is 2.28. The van der Waals surface area contributed by atoms with E-state index in [0.717, 1.165) is 49.5 Å². The van der Waals surface area contributed by atoms with Crippen molar-refractivity contribution in [3.8, 4) is 0 Å². The Morgan fingerprint density at radius 2 is 1.71 bits per heavy atom. The van der Waals surface area contributed by atoms with Gasteiger partial charge in [-0.15, -0.1) is 0 Å². The molecule has 2 aromatic rings. The van der Waals surface area contributed by atoms with Crippen LogP contribution < -0.4 is 15.1 Å². The number of piperazine rings is 1. The normalized spacial score (nSPS) is 19.7. The molecule has 2 aliphatic heterocycles. The maximum absolute atomic E-state index is 12.9. The van der Waals surface area contributed by atoms with Crippen molar-refractivity contribution in [1.82, 2.24) is 4.90 Å². The minimum Gasteiger partial charge on any atom is -0.369 e. The summed E-state index contributed by atoms with van der Waals surface area (Å²) in [6, 6.07) is 14.2. The van der Waals surface area contributed by atoms with Gasteiger partial charge < -0.3 is 20.0 Å². The van der Waals surface area contributed by atoms with Crippen LogP contribution >= 0.6 is 0 Å². The van der Waals surface area contributed by atoms with E-state index < -0.39 is 0 Å². The SMILES string of the molecule is CCc1ccc(N2C[C@@H](C(=O)Nc3ccc(N4CCN(C)CC4)cc3C)CC2=O)cc1. The second-order valence-corrected chi connectivity index (χ2v) is 8.70. The third-order valence-electron chi connectivity index (χ3n) is 6.49. The molecule has 6 heteroatoms. The zero-order valence-electron chi connectivity index (χ0n) is 18.7. The number of carbonyl (C=O) groups excluding carboxylic acids is 2. The van der Waals surface area contributed by atoms with Gasteiger partial charge in [-0.25, -0.2) is 0 Å². The first-order valence-electron chi connectivity index (χ1n) is 11.2. The number of benzene rings is 2. The molecule has 2 saturated heterocycles. The number of aryl methyl sites for hydroxylation is 2. The van der Waals surface area contributed by atoms with Gasteiger partial charge in [0.1, 0.15) is 0 Å². The van der Waals surface area contributed by atoms with E-state index in [2.05, 4.69) is 41.2 Å². The largest absolute Gasteiger partial charge is 0.369 e. The Balaban J connectivity index is 1.39. The van der Waals surface area contributed by atoms with Crippen LogP contribution in [0, 0.1) is 12.8 Å². The summed E-state index contributed by atoms with van der Waals surface area (Å²) in [5, 5.41) is 3.06. The van der Waals surface area contributed by atoms with Gasteiger partial charge in [0.2, 0.25) is 11.8 Å². The van der Waals surface area contributed by atoms with Crippen molar-refractivity contribution in [2.75, 3.05) is 54.9 Å². The molecule has 2 aliphatic rings. The highest BCUT2D eigenvalue weighted by Gasteiger charge is 2.35. The van der Waals surface area contributed by atoms with Crippen molar-refractivity contribution in [3.05, 3.63) is 53.6 Å². The number of nitrogens with zero attached hydrogens (tertiary/aromatic N) is 3. The molecule has 0 saturated carbocycles. The lowest BCUT2D eigenvalue weighted by Gasteiger charge is -2.34.